The molecule has 5 heteroatoms. The number of nitrogens with one attached hydrogen (secondary N) is 1. The minimum atomic E-state index is -0.356. The van der Waals surface area contributed by atoms with Crippen LogP contribution in [0.3, 0.4) is 0 Å². The first-order valence-electron chi connectivity index (χ1n) is 9.66. The van der Waals surface area contributed by atoms with Crippen molar-refractivity contribution in [3.05, 3.63) is 54.1 Å². The fraction of sp³-hybridized carbons (Fsp3) is 0.409. The van der Waals surface area contributed by atoms with Crippen molar-refractivity contribution in [2.75, 3.05) is 43.1 Å². The Labute approximate surface area is 161 Å². The van der Waals surface area contributed by atoms with E-state index in [9.17, 15) is 4.79 Å². The molecule has 144 valence electrons. The van der Waals surface area contributed by atoms with Gasteiger partial charge in [-0.3, -0.25) is 0 Å². The number of nitrogens with zero attached hydrogens (tertiary/aromatic N) is 1. The fourth-order valence-corrected chi connectivity index (χ4v) is 3.31. The maximum absolute atomic E-state index is 11.0. The molecule has 0 saturated heterocycles. The maximum Gasteiger partial charge on any atom is 0.149 e. The molecule has 2 aromatic carbocycles. The Kier molecular flexibility index (Phi) is 7.11. The maximum atomic E-state index is 11.0. The van der Waals surface area contributed by atoms with Crippen LogP contribution < -0.4 is 15.0 Å². The molecule has 1 heterocycles. The van der Waals surface area contributed by atoms with Crippen LogP contribution >= 0.6 is 0 Å². The van der Waals surface area contributed by atoms with Gasteiger partial charge in [0.2, 0.25) is 0 Å². The van der Waals surface area contributed by atoms with Crippen LogP contribution in [0.1, 0.15) is 18.9 Å². The zero-order valence-electron chi connectivity index (χ0n) is 15.9. The number of anilines is 2. The lowest BCUT2D eigenvalue weighted by Crippen LogP contribution is -2.34. The van der Waals surface area contributed by atoms with Gasteiger partial charge in [0.25, 0.3) is 0 Å². The smallest absolute Gasteiger partial charge is 0.149 e. The largest absolute Gasteiger partial charge is 0.490 e. The third-order valence-corrected chi connectivity index (χ3v) is 4.68. The molecule has 27 heavy (non-hydrogen) atoms. The van der Waals surface area contributed by atoms with E-state index in [4.69, 9.17) is 9.47 Å². The van der Waals surface area contributed by atoms with Gasteiger partial charge in [-0.1, -0.05) is 24.3 Å². The summed E-state index contributed by atoms with van der Waals surface area (Å²) < 4.78 is 11.1. The zero-order chi connectivity index (χ0) is 18.9. The van der Waals surface area contributed by atoms with Gasteiger partial charge in [0.1, 0.15) is 24.7 Å². The molecule has 3 rings (SSSR count). The van der Waals surface area contributed by atoms with Crippen LogP contribution in [0.25, 0.3) is 0 Å². The second-order valence-electron chi connectivity index (χ2n) is 6.61. The molecule has 1 aliphatic rings. The topological polar surface area (TPSA) is 50.8 Å². The average Bonchev–Trinajstić information content (AvgIpc) is 2.72. The standard InChI is InChI=1S/C22H28N2O3/c1-2-26-20(17-25)16-18-8-10-19(11-9-18)23-12-5-13-24-14-15-27-22-7-4-3-6-21(22)24/h3-4,6-11,17,20,23H,2,5,12-16H2,1H3. The third-order valence-electron chi connectivity index (χ3n) is 4.68. The van der Waals surface area contributed by atoms with Gasteiger partial charge in [-0.25, -0.2) is 0 Å². The van der Waals surface area contributed by atoms with E-state index in [1.807, 2.05) is 19.1 Å². The van der Waals surface area contributed by atoms with Crippen molar-refractivity contribution in [3.63, 3.8) is 0 Å². The Bertz CT molecular complexity index is 718. The first-order valence-corrected chi connectivity index (χ1v) is 9.66. The van der Waals surface area contributed by atoms with Crippen molar-refractivity contribution in [3.8, 4) is 5.75 Å². The highest BCUT2D eigenvalue weighted by molar-refractivity contribution is 5.59. The molecule has 2 aromatic rings. The van der Waals surface area contributed by atoms with Crippen LogP contribution in [-0.2, 0) is 16.0 Å². The van der Waals surface area contributed by atoms with Crippen LogP contribution in [0.4, 0.5) is 11.4 Å². The van der Waals surface area contributed by atoms with Gasteiger partial charge in [-0.05, 0) is 43.2 Å². The van der Waals surface area contributed by atoms with E-state index in [-0.39, 0.29) is 6.10 Å². The zero-order valence-corrected chi connectivity index (χ0v) is 15.9. The quantitative estimate of drug-likeness (QED) is 0.514. The van der Waals surface area contributed by atoms with Gasteiger partial charge in [-0.2, -0.15) is 0 Å². The summed E-state index contributed by atoms with van der Waals surface area (Å²) in [6, 6.07) is 16.4. The highest BCUT2D eigenvalue weighted by Gasteiger charge is 2.16. The molecule has 0 aromatic heterocycles. The van der Waals surface area contributed by atoms with Gasteiger partial charge >= 0.3 is 0 Å². The average molecular weight is 368 g/mol. The van der Waals surface area contributed by atoms with E-state index in [1.54, 1.807) is 0 Å². The van der Waals surface area contributed by atoms with Crippen molar-refractivity contribution in [1.29, 1.82) is 0 Å². The summed E-state index contributed by atoms with van der Waals surface area (Å²) >= 11 is 0. The van der Waals surface area contributed by atoms with E-state index in [1.165, 1.54) is 5.69 Å². The molecule has 0 fully saturated rings. The predicted octanol–water partition coefficient (Wildman–Crippen LogP) is 3.53. The molecule has 0 spiro atoms. The lowest BCUT2D eigenvalue weighted by molar-refractivity contribution is -0.117. The fourth-order valence-electron chi connectivity index (χ4n) is 3.31. The van der Waals surface area contributed by atoms with Gasteiger partial charge in [0.05, 0.1) is 12.2 Å². The monoisotopic (exact) mass is 368 g/mol. The first kappa shape index (κ1) is 19.2. The highest BCUT2D eigenvalue weighted by atomic mass is 16.5. The van der Waals surface area contributed by atoms with Crippen LogP contribution in [0.5, 0.6) is 5.75 Å². The molecule has 1 N–H and O–H groups in total. The molecule has 5 nitrogen and oxygen atoms in total. The Morgan fingerprint density at radius 2 is 2.04 bits per heavy atom. The summed E-state index contributed by atoms with van der Waals surface area (Å²) in [4.78, 5) is 13.4. The second kappa shape index (κ2) is 9.97. The number of hydrogen-bond donors (Lipinski definition) is 1. The normalized spacial score (nSPS) is 14.2. The van der Waals surface area contributed by atoms with Crippen molar-refractivity contribution < 1.29 is 14.3 Å². The minimum Gasteiger partial charge on any atom is -0.490 e. The van der Waals surface area contributed by atoms with Crippen LogP contribution in [0.15, 0.2) is 48.5 Å². The molecule has 0 radical (unpaired) electrons. The van der Waals surface area contributed by atoms with Crippen molar-refractivity contribution in [2.24, 2.45) is 0 Å². The molecular weight excluding hydrogens is 340 g/mol. The molecule has 1 aliphatic heterocycles. The number of hydrogen-bond acceptors (Lipinski definition) is 5. The molecule has 0 amide bonds. The number of benzene rings is 2. The number of fused-ring (bicyclic) bond motifs is 1. The van der Waals surface area contributed by atoms with E-state index in [0.717, 1.165) is 55.9 Å². The summed E-state index contributed by atoms with van der Waals surface area (Å²) in [7, 11) is 0. The van der Waals surface area contributed by atoms with Gasteiger partial charge in [-0.15, -0.1) is 0 Å². The van der Waals surface area contributed by atoms with Crippen molar-refractivity contribution in [2.45, 2.75) is 25.9 Å². The lowest BCUT2D eigenvalue weighted by Gasteiger charge is -2.31. The van der Waals surface area contributed by atoms with Gasteiger partial charge < -0.3 is 24.5 Å². The van der Waals surface area contributed by atoms with E-state index in [0.29, 0.717) is 13.0 Å². The molecular formula is C22H28N2O3. The molecule has 0 bridgehead atoms. The predicted molar refractivity (Wildman–Crippen MR) is 109 cm³/mol. The van der Waals surface area contributed by atoms with Crippen LogP contribution in [0.2, 0.25) is 0 Å². The Morgan fingerprint density at radius 1 is 1.22 bits per heavy atom. The lowest BCUT2D eigenvalue weighted by atomic mass is 10.1. The van der Waals surface area contributed by atoms with Gasteiger partial charge in [0.15, 0.2) is 0 Å². The number of rotatable bonds is 10. The minimum absolute atomic E-state index is 0.356. The number of ether oxygens (including phenoxy) is 2. The molecule has 1 atom stereocenters. The molecule has 1 unspecified atom stereocenters. The summed E-state index contributed by atoms with van der Waals surface area (Å²) in [6.07, 6.45) is 2.19. The second-order valence-corrected chi connectivity index (χ2v) is 6.61. The summed E-state index contributed by atoms with van der Waals surface area (Å²) in [6.45, 7) is 6.05. The van der Waals surface area contributed by atoms with E-state index >= 15 is 0 Å². The van der Waals surface area contributed by atoms with E-state index < -0.39 is 0 Å². The number of carbonyl (C=O) groups excluding carboxylic acids is 1. The van der Waals surface area contributed by atoms with E-state index in [2.05, 4.69) is 46.6 Å². The van der Waals surface area contributed by atoms with Gasteiger partial charge in [0, 0.05) is 31.8 Å². The van der Waals surface area contributed by atoms with Crippen LogP contribution in [-0.4, -0.2) is 45.2 Å². The molecule has 0 aliphatic carbocycles. The Balaban J connectivity index is 1.43. The first-order chi connectivity index (χ1) is 13.3. The number of aldehydes is 1. The number of carbonyl (C=O) groups is 1. The third kappa shape index (κ3) is 5.47. The number of para-hydroxylation sites is 2. The van der Waals surface area contributed by atoms with Crippen LogP contribution in [0, 0.1) is 0 Å². The SMILES string of the molecule is CCOC(C=O)Cc1ccc(NCCCN2CCOc3ccccc32)cc1. The summed E-state index contributed by atoms with van der Waals surface area (Å²) in [5.41, 5.74) is 3.39. The van der Waals surface area contributed by atoms with Crippen molar-refractivity contribution >= 4 is 17.7 Å². The Morgan fingerprint density at radius 3 is 2.81 bits per heavy atom. The van der Waals surface area contributed by atoms with Crippen molar-refractivity contribution in [1.82, 2.24) is 0 Å². The summed E-state index contributed by atoms with van der Waals surface area (Å²) in [5, 5.41) is 3.47. The Hall–Kier alpha value is -2.53. The summed E-state index contributed by atoms with van der Waals surface area (Å²) in [5.74, 6) is 0.980. The highest BCUT2D eigenvalue weighted by Crippen LogP contribution is 2.30. The molecule has 0 saturated carbocycles.